The summed E-state index contributed by atoms with van der Waals surface area (Å²) in [5.74, 6) is 0.659. The molecule has 1 saturated heterocycles. The summed E-state index contributed by atoms with van der Waals surface area (Å²) < 4.78 is 76.2. The molecule has 0 amide bonds. The van der Waals surface area contributed by atoms with Crippen molar-refractivity contribution >= 4 is 32.7 Å². The Hall–Kier alpha value is -3.51. The van der Waals surface area contributed by atoms with Gasteiger partial charge in [0, 0.05) is 49.9 Å². The number of pyridine rings is 1. The molecular formula is C25H27F3N4O4S. The van der Waals surface area contributed by atoms with Gasteiger partial charge in [-0.05, 0) is 23.8 Å². The van der Waals surface area contributed by atoms with E-state index in [9.17, 15) is 21.6 Å². The lowest BCUT2D eigenvalue weighted by Gasteiger charge is -2.29. The topological polar surface area (TPSA) is 92.8 Å². The lowest BCUT2D eigenvalue weighted by Crippen LogP contribution is -2.36. The molecule has 2 aromatic carbocycles. The van der Waals surface area contributed by atoms with Gasteiger partial charge < -0.3 is 25.0 Å². The molecule has 4 rings (SSSR count). The largest absolute Gasteiger partial charge is 0.494 e. The zero-order valence-corrected chi connectivity index (χ0v) is 21.1. The van der Waals surface area contributed by atoms with Gasteiger partial charge in [-0.15, -0.1) is 0 Å². The summed E-state index contributed by atoms with van der Waals surface area (Å²) in [5.41, 5.74) is 0.615. The van der Waals surface area contributed by atoms with Crippen molar-refractivity contribution in [2.75, 3.05) is 55.2 Å². The molecule has 37 heavy (non-hydrogen) atoms. The van der Waals surface area contributed by atoms with Gasteiger partial charge in [0.2, 0.25) is 0 Å². The third-order valence-electron chi connectivity index (χ3n) is 5.87. The van der Waals surface area contributed by atoms with E-state index in [-0.39, 0.29) is 22.9 Å². The smallest absolute Gasteiger partial charge is 0.419 e. The minimum atomic E-state index is -4.66. The van der Waals surface area contributed by atoms with E-state index in [0.717, 1.165) is 31.2 Å². The van der Waals surface area contributed by atoms with Gasteiger partial charge in [0.25, 0.3) is 0 Å². The van der Waals surface area contributed by atoms with E-state index < -0.39 is 21.6 Å². The third kappa shape index (κ3) is 6.44. The fraction of sp³-hybridized carbons (Fsp3) is 0.320. The maximum Gasteiger partial charge on any atom is 0.419 e. The predicted octanol–water partition coefficient (Wildman–Crippen LogP) is 4.70. The molecule has 0 unspecified atom stereocenters. The van der Waals surface area contributed by atoms with Crippen LogP contribution in [0.2, 0.25) is 0 Å². The number of ether oxygens (including phenoxy) is 2. The monoisotopic (exact) mass is 536 g/mol. The first-order chi connectivity index (χ1) is 17.6. The first kappa shape index (κ1) is 26.6. The molecule has 2 heterocycles. The van der Waals surface area contributed by atoms with Crippen molar-refractivity contribution in [2.45, 2.75) is 17.6 Å². The highest BCUT2D eigenvalue weighted by molar-refractivity contribution is 7.90. The highest BCUT2D eigenvalue weighted by Gasteiger charge is 2.34. The van der Waals surface area contributed by atoms with Crippen molar-refractivity contribution in [1.29, 1.82) is 0 Å². The average Bonchev–Trinajstić information content (AvgIpc) is 2.87. The zero-order chi connectivity index (χ0) is 26.6. The quantitative estimate of drug-likeness (QED) is 0.428. The third-order valence-corrected chi connectivity index (χ3v) is 7.07. The van der Waals surface area contributed by atoms with Crippen LogP contribution in [-0.2, 0) is 27.3 Å². The zero-order valence-electron chi connectivity index (χ0n) is 20.3. The molecule has 2 N–H and O–H groups in total. The number of benzene rings is 2. The Bertz CT molecular complexity index is 1360. The fourth-order valence-electron chi connectivity index (χ4n) is 4.04. The van der Waals surface area contributed by atoms with E-state index in [4.69, 9.17) is 9.47 Å². The van der Waals surface area contributed by atoms with Gasteiger partial charge in [0.1, 0.15) is 11.6 Å². The Morgan fingerprint density at radius 1 is 1.08 bits per heavy atom. The minimum absolute atomic E-state index is 0.0496. The molecule has 0 saturated carbocycles. The molecule has 1 aromatic heterocycles. The number of halogens is 3. The van der Waals surface area contributed by atoms with Crippen molar-refractivity contribution in [1.82, 2.24) is 4.98 Å². The number of morpholine rings is 1. The number of nitrogens with one attached hydrogen (secondary N) is 2. The van der Waals surface area contributed by atoms with Crippen molar-refractivity contribution < 1.29 is 31.1 Å². The molecule has 12 heteroatoms. The number of hydrogen-bond donors (Lipinski definition) is 2. The van der Waals surface area contributed by atoms with Crippen LogP contribution in [0.5, 0.6) is 5.75 Å². The summed E-state index contributed by atoms with van der Waals surface area (Å²) >= 11 is 0. The standard InChI is InChI=1S/C25H27F3N4O4S/c1-35-22-13-18(32-9-11-36-12-10-32)7-8-20(22)31-24-14-21(19(16-30-24)25(26,27)28)29-15-17-5-3-4-6-23(17)37(2,33)34/h3-8,13-14,16H,9-12,15H2,1-2H3,(H2,29,30,31). The van der Waals surface area contributed by atoms with Gasteiger partial charge in [-0.25, -0.2) is 13.4 Å². The summed E-state index contributed by atoms with van der Waals surface area (Å²) in [6.07, 6.45) is -2.87. The molecule has 0 atom stereocenters. The number of hydrogen-bond acceptors (Lipinski definition) is 8. The normalized spacial score (nSPS) is 14.4. The van der Waals surface area contributed by atoms with Crippen LogP contribution in [0, 0.1) is 0 Å². The van der Waals surface area contributed by atoms with E-state index in [0.29, 0.717) is 30.2 Å². The summed E-state index contributed by atoms with van der Waals surface area (Å²) in [6, 6.07) is 12.9. The van der Waals surface area contributed by atoms with E-state index in [1.165, 1.54) is 19.2 Å². The molecule has 1 aliphatic rings. The number of rotatable bonds is 8. The second-order valence-electron chi connectivity index (χ2n) is 8.46. The van der Waals surface area contributed by atoms with Gasteiger partial charge in [0.15, 0.2) is 9.84 Å². The van der Waals surface area contributed by atoms with Crippen LogP contribution in [0.3, 0.4) is 0 Å². The van der Waals surface area contributed by atoms with Gasteiger partial charge in [-0.1, -0.05) is 18.2 Å². The predicted molar refractivity (Wildman–Crippen MR) is 135 cm³/mol. The Labute approximate surface area is 213 Å². The fourth-order valence-corrected chi connectivity index (χ4v) is 4.98. The number of alkyl halides is 3. The van der Waals surface area contributed by atoms with Crippen molar-refractivity contribution in [3.8, 4) is 5.75 Å². The Morgan fingerprint density at radius 2 is 1.81 bits per heavy atom. The summed E-state index contributed by atoms with van der Waals surface area (Å²) in [7, 11) is -2.05. The van der Waals surface area contributed by atoms with Crippen LogP contribution in [-0.4, -0.2) is 53.1 Å². The number of sulfone groups is 1. The SMILES string of the molecule is COc1cc(N2CCOCC2)ccc1Nc1cc(NCc2ccccc2S(C)(=O)=O)c(C(F)(F)F)cn1. The van der Waals surface area contributed by atoms with Crippen molar-refractivity contribution in [3.05, 3.63) is 65.9 Å². The maximum absolute atomic E-state index is 13.7. The van der Waals surface area contributed by atoms with Crippen LogP contribution >= 0.6 is 0 Å². The highest BCUT2D eigenvalue weighted by Crippen LogP contribution is 2.37. The molecule has 1 aliphatic heterocycles. The first-order valence-electron chi connectivity index (χ1n) is 11.4. The molecule has 1 fully saturated rings. The van der Waals surface area contributed by atoms with E-state index >= 15 is 0 Å². The molecule has 198 valence electrons. The van der Waals surface area contributed by atoms with E-state index in [1.54, 1.807) is 24.3 Å². The van der Waals surface area contributed by atoms with Crippen LogP contribution in [0.4, 0.5) is 36.1 Å². The molecular weight excluding hydrogens is 509 g/mol. The molecule has 8 nitrogen and oxygen atoms in total. The minimum Gasteiger partial charge on any atom is -0.494 e. The highest BCUT2D eigenvalue weighted by atomic mass is 32.2. The molecule has 0 aliphatic carbocycles. The second-order valence-corrected chi connectivity index (χ2v) is 10.4. The van der Waals surface area contributed by atoms with Gasteiger partial charge in [0.05, 0.1) is 42.2 Å². The van der Waals surface area contributed by atoms with Gasteiger partial charge in [-0.3, -0.25) is 0 Å². The van der Waals surface area contributed by atoms with Crippen LogP contribution < -0.4 is 20.3 Å². The maximum atomic E-state index is 13.7. The second kappa shape index (κ2) is 10.9. The Kier molecular flexibility index (Phi) is 7.79. The molecule has 0 bridgehead atoms. The van der Waals surface area contributed by atoms with E-state index in [1.807, 2.05) is 12.1 Å². The summed E-state index contributed by atoms with van der Waals surface area (Å²) in [5, 5.41) is 5.77. The number of anilines is 4. The van der Waals surface area contributed by atoms with Gasteiger partial charge >= 0.3 is 6.18 Å². The van der Waals surface area contributed by atoms with Gasteiger partial charge in [-0.2, -0.15) is 13.2 Å². The molecule has 0 radical (unpaired) electrons. The summed E-state index contributed by atoms with van der Waals surface area (Å²) in [6.45, 7) is 2.61. The van der Waals surface area contributed by atoms with E-state index in [2.05, 4.69) is 20.5 Å². The van der Waals surface area contributed by atoms with Crippen molar-refractivity contribution in [3.63, 3.8) is 0 Å². The number of methoxy groups -OCH3 is 1. The molecule has 0 spiro atoms. The first-order valence-corrected chi connectivity index (χ1v) is 13.3. The van der Waals surface area contributed by atoms with Crippen LogP contribution in [0.25, 0.3) is 0 Å². The number of aromatic nitrogens is 1. The van der Waals surface area contributed by atoms with Crippen LogP contribution in [0.15, 0.2) is 59.6 Å². The summed E-state index contributed by atoms with van der Waals surface area (Å²) in [4.78, 5) is 6.16. The lowest BCUT2D eigenvalue weighted by atomic mass is 10.1. The number of nitrogens with zero attached hydrogens (tertiary/aromatic N) is 2. The Morgan fingerprint density at radius 3 is 2.49 bits per heavy atom. The Balaban J connectivity index is 1.61. The average molecular weight is 537 g/mol. The lowest BCUT2D eigenvalue weighted by molar-refractivity contribution is -0.137. The molecule has 3 aromatic rings. The van der Waals surface area contributed by atoms with Crippen LogP contribution in [0.1, 0.15) is 11.1 Å². The van der Waals surface area contributed by atoms with Crippen molar-refractivity contribution in [2.24, 2.45) is 0 Å².